The Morgan fingerprint density at radius 2 is 1.67 bits per heavy atom. The summed E-state index contributed by atoms with van der Waals surface area (Å²) in [5.41, 5.74) is 3.19. The van der Waals surface area contributed by atoms with E-state index >= 15 is 0 Å². The van der Waals surface area contributed by atoms with Gasteiger partial charge in [-0.1, -0.05) is 64.1 Å². The SMILES string of the molecule is CC.CC1(C)C=CCc2ccccc21.I. The molecule has 0 nitrogen and oxygen atoms in total. The topological polar surface area (TPSA) is 0 Å². The van der Waals surface area contributed by atoms with E-state index in [-0.39, 0.29) is 29.4 Å². The lowest BCUT2D eigenvalue weighted by Crippen LogP contribution is -2.18. The van der Waals surface area contributed by atoms with Gasteiger partial charge in [0.15, 0.2) is 0 Å². The normalized spacial score (nSPS) is 15.5. The van der Waals surface area contributed by atoms with Crippen LogP contribution in [0.3, 0.4) is 0 Å². The Hall–Kier alpha value is -0.310. The maximum absolute atomic E-state index is 2.30. The van der Waals surface area contributed by atoms with Gasteiger partial charge < -0.3 is 0 Å². The lowest BCUT2D eigenvalue weighted by atomic mass is 9.77. The highest BCUT2D eigenvalue weighted by molar-refractivity contribution is 14.0. The molecule has 0 atom stereocenters. The summed E-state index contributed by atoms with van der Waals surface area (Å²) in [6, 6.07) is 8.70. The molecular formula is C14H21I. The first-order valence-electron chi connectivity index (χ1n) is 5.46. The van der Waals surface area contributed by atoms with E-state index in [1.54, 1.807) is 0 Å². The van der Waals surface area contributed by atoms with Gasteiger partial charge in [0.05, 0.1) is 0 Å². The molecule has 84 valence electrons. The van der Waals surface area contributed by atoms with Gasteiger partial charge in [-0.3, -0.25) is 0 Å². The lowest BCUT2D eigenvalue weighted by molar-refractivity contribution is 0.648. The Morgan fingerprint density at radius 1 is 1.07 bits per heavy atom. The van der Waals surface area contributed by atoms with Crippen molar-refractivity contribution in [1.29, 1.82) is 0 Å². The second-order valence-electron chi connectivity index (χ2n) is 3.99. The second kappa shape index (κ2) is 6.31. The molecule has 0 spiro atoms. The van der Waals surface area contributed by atoms with Crippen molar-refractivity contribution in [2.24, 2.45) is 0 Å². The van der Waals surface area contributed by atoms with Crippen LogP contribution < -0.4 is 0 Å². The molecule has 0 bridgehead atoms. The van der Waals surface area contributed by atoms with E-state index in [1.807, 2.05) is 13.8 Å². The van der Waals surface area contributed by atoms with Crippen LogP contribution in [0.15, 0.2) is 36.4 Å². The van der Waals surface area contributed by atoms with Crippen molar-refractivity contribution in [2.45, 2.75) is 39.5 Å². The minimum atomic E-state index is 0. The third-order valence-corrected chi connectivity index (χ3v) is 2.58. The van der Waals surface area contributed by atoms with Gasteiger partial charge in [0.1, 0.15) is 0 Å². The Balaban J connectivity index is 0.000000617. The van der Waals surface area contributed by atoms with E-state index in [2.05, 4.69) is 50.3 Å². The molecule has 2 rings (SSSR count). The van der Waals surface area contributed by atoms with Crippen molar-refractivity contribution in [3.8, 4) is 0 Å². The molecule has 1 aromatic rings. The summed E-state index contributed by atoms with van der Waals surface area (Å²) in [5.74, 6) is 0. The Bertz CT molecular complexity index is 324. The van der Waals surface area contributed by atoms with Crippen LogP contribution in [0, 0.1) is 0 Å². The summed E-state index contributed by atoms with van der Waals surface area (Å²) in [7, 11) is 0. The number of rotatable bonds is 0. The fourth-order valence-electron chi connectivity index (χ4n) is 1.90. The van der Waals surface area contributed by atoms with Crippen LogP contribution in [0.2, 0.25) is 0 Å². The third-order valence-electron chi connectivity index (χ3n) is 2.58. The molecule has 0 saturated heterocycles. The van der Waals surface area contributed by atoms with Gasteiger partial charge in [-0.25, -0.2) is 0 Å². The van der Waals surface area contributed by atoms with Gasteiger partial charge in [0.2, 0.25) is 0 Å². The Morgan fingerprint density at radius 3 is 2.27 bits per heavy atom. The number of hydrogen-bond donors (Lipinski definition) is 0. The zero-order valence-electron chi connectivity index (χ0n) is 10.1. The highest BCUT2D eigenvalue weighted by Crippen LogP contribution is 2.31. The molecule has 0 N–H and O–H groups in total. The third kappa shape index (κ3) is 3.33. The molecule has 0 fully saturated rings. The maximum Gasteiger partial charge on any atom is 0.00782 e. The highest BCUT2D eigenvalue weighted by Gasteiger charge is 2.21. The number of hydrogen-bond acceptors (Lipinski definition) is 0. The summed E-state index contributed by atoms with van der Waals surface area (Å²) in [6.07, 6.45) is 5.66. The van der Waals surface area contributed by atoms with Gasteiger partial charge in [0.25, 0.3) is 0 Å². The van der Waals surface area contributed by atoms with Crippen LogP contribution in [-0.4, -0.2) is 0 Å². The summed E-state index contributed by atoms with van der Waals surface area (Å²) in [5, 5.41) is 0. The molecule has 15 heavy (non-hydrogen) atoms. The van der Waals surface area contributed by atoms with Crippen molar-refractivity contribution in [3.63, 3.8) is 0 Å². The second-order valence-corrected chi connectivity index (χ2v) is 3.99. The van der Waals surface area contributed by atoms with E-state index in [4.69, 9.17) is 0 Å². The van der Waals surface area contributed by atoms with Gasteiger partial charge in [-0.05, 0) is 17.5 Å². The van der Waals surface area contributed by atoms with Crippen molar-refractivity contribution in [1.82, 2.24) is 0 Å². The quantitative estimate of drug-likeness (QED) is 0.480. The van der Waals surface area contributed by atoms with E-state index in [0.717, 1.165) is 6.42 Å². The van der Waals surface area contributed by atoms with Gasteiger partial charge >= 0.3 is 0 Å². The summed E-state index contributed by atoms with van der Waals surface area (Å²) < 4.78 is 0. The summed E-state index contributed by atoms with van der Waals surface area (Å²) in [4.78, 5) is 0. The molecule has 1 aromatic carbocycles. The molecule has 1 aliphatic carbocycles. The van der Waals surface area contributed by atoms with Crippen LogP contribution in [-0.2, 0) is 11.8 Å². The van der Waals surface area contributed by atoms with Gasteiger partial charge in [0, 0.05) is 5.41 Å². The van der Waals surface area contributed by atoms with Crippen molar-refractivity contribution < 1.29 is 0 Å². The average molecular weight is 316 g/mol. The Labute approximate surface area is 111 Å². The minimum Gasteiger partial charge on any atom is -0.107 e. The molecule has 1 aliphatic rings. The predicted molar refractivity (Wildman–Crippen MR) is 79.1 cm³/mol. The molecule has 0 amide bonds. The average Bonchev–Trinajstić information content (AvgIpc) is 2.21. The first-order valence-corrected chi connectivity index (χ1v) is 5.46. The summed E-state index contributed by atoms with van der Waals surface area (Å²) >= 11 is 0. The first kappa shape index (κ1) is 14.7. The molecule has 0 aliphatic heterocycles. The minimum absolute atomic E-state index is 0. The van der Waals surface area contributed by atoms with Crippen molar-refractivity contribution >= 4 is 24.0 Å². The molecular weight excluding hydrogens is 295 g/mol. The number of fused-ring (bicyclic) bond motifs is 1. The van der Waals surface area contributed by atoms with Crippen LogP contribution in [0.25, 0.3) is 0 Å². The van der Waals surface area contributed by atoms with Crippen LogP contribution >= 0.6 is 24.0 Å². The van der Waals surface area contributed by atoms with Crippen LogP contribution in [0.5, 0.6) is 0 Å². The monoisotopic (exact) mass is 316 g/mol. The van der Waals surface area contributed by atoms with Crippen molar-refractivity contribution in [2.75, 3.05) is 0 Å². The molecule has 0 unspecified atom stereocenters. The largest absolute Gasteiger partial charge is 0.107 e. The number of benzene rings is 1. The van der Waals surface area contributed by atoms with Crippen molar-refractivity contribution in [3.05, 3.63) is 47.5 Å². The van der Waals surface area contributed by atoms with E-state index in [1.165, 1.54) is 11.1 Å². The van der Waals surface area contributed by atoms with Crippen LogP contribution in [0.4, 0.5) is 0 Å². The smallest absolute Gasteiger partial charge is 0.00782 e. The molecule has 1 heteroatoms. The molecule has 0 saturated carbocycles. The standard InChI is InChI=1S/C12H14.C2H6.HI/c1-12(2)9-5-7-10-6-3-4-8-11(10)12;1-2;/h3-6,8-9H,7H2,1-2H3;1-2H3;1H. The zero-order chi connectivity index (χ0) is 10.6. The highest BCUT2D eigenvalue weighted by atomic mass is 127. The van der Waals surface area contributed by atoms with Gasteiger partial charge in [-0.15, -0.1) is 24.0 Å². The molecule has 0 radical (unpaired) electrons. The van der Waals surface area contributed by atoms with E-state index in [0.29, 0.717) is 0 Å². The van der Waals surface area contributed by atoms with Crippen LogP contribution in [0.1, 0.15) is 38.8 Å². The Kier molecular flexibility index (Phi) is 6.18. The fourth-order valence-corrected chi connectivity index (χ4v) is 1.90. The van der Waals surface area contributed by atoms with Gasteiger partial charge in [-0.2, -0.15) is 0 Å². The molecule has 0 heterocycles. The first-order chi connectivity index (χ1) is 6.70. The van der Waals surface area contributed by atoms with E-state index < -0.39 is 0 Å². The lowest BCUT2D eigenvalue weighted by Gasteiger charge is -2.27. The zero-order valence-corrected chi connectivity index (χ0v) is 12.4. The maximum atomic E-state index is 2.30. The number of allylic oxidation sites excluding steroid dienone is 2. The number of halogens is 1. The van der Waals surface area contributed by atoms with E-state index in [9.17, 15) is 0 Å². The molecule has 0 aromatic heterocycles. The predicted octanol–water partition coefficient (Wildman–Crippen LogP) is 4.72. The summed E-state index contributed by atoms with van der Waals surface area (Å²) in [6.45, 7) is 8.53. The fraction of sp³-hybridized carbons (Fsp3) is 0.429.